The van der Waals surface area contributed by atoms with E-state index in [2.05, 4.69) is 15.5 Å². The first-order valence-corrected chi connectivity index (χ1v) is 9.41. The molecule has 0 atom stereocenters. The molecule has 1 aliphatic heterocycles. The van der Waals surface area contributed by atoms with Crippen molar-refractivity contribution in [3.8, 4) is 6.07 Å². The van der Waals surface area contributed by atoms with E-state index in [4.69, 9.17) is 9.47 Å². The second kappa shape index (κ2) is 10.1. The van der Waals surface area contributed by atoms with Gasteiger partial charge in [0.2, 0.25) is 0 Å². The van der Waals surface area contributed by atoms with E-state index in [0.717, 1.165) is 24.5 Å². The van der Waals surface area contributed by atoms with Gasteiger partial charge in [0.1, 0.15) is 11.6 Å². The second-order valence-corrected chi connectivity index (χ2v) is 6.42. The summed E-state index contributed by atoms with van der Waals surface area (Å²) in [7, 11) is 1.26. The summed E-state index contributed by atoms with van der Waals surface area (Å²) >= 11 is 0. The standard InChI is InChI=1S/C22H22N4O4/c1-29-22(28)17-6-2-3-7-18(17)25-21(27)16(14-23)15-24-19-8-4-5-9-20(19)26-10-12-30-13-11-26/h2-9,15,24H,10-13H2,1H3,(H,25,27)/b16-15-. The molecule has 1 aliphatic rings. The topological polar surface area (TPSA) is 104 Å². The first-order valence-electron chi connectivity index (χ1n) is 9.41. The lowest BCUT2D eigenvalue weighted by atomic mass is 10.1. The molecule has 1 saturated heterocycles. The minimum atomic E-state index is -0.634. The van der Waals surface area contributed by atoms with Crippen molar-refractivity contribution in [2.45, 2.75) is 0 Å². The van der Waals surface area contributed by atoms with Gasteiger partial charge in [-0.2, -0.15) is 5.26 Å². The predicted octanol–water partition coefficient (Wildman–Crippen LogP) is 2.77. The molecule has 1 heterocycles. The highest BCUT2D eigenvalue weighted by Crippen LogP contribution is 2.26. The Morgan fingerprint density at radius 2 is 1.77 bits per heavy atom. The quantitative estimate of drug-likeness (QED) is 0.432. The molecule has 8 nitrogen and oxygen atoms in total. The second-order valence-electron chi connectivity index (χ2n) is 6.42. The van der Waals surface area contributed by atoms with Gasteiger partial charge in [-0.3, -0.25) is 4.79 Å². The number of ether oxygens (including phenoxy) is 2. The number of hydrogen-bond acceptors (Lipinski definition) is 7. The Hall–Kier alpha value is -3.83. The van der Waals surface area contributed by atoms with Crippen LogP contribution in [0.3, 0.4) is 0 Å². The molecule has 154 valence electrons. The molecular formula is C22H22N4O4. The van der Waals surface area contributed by atoms with Gasteiger partial charge >= 0.3 is 5.97 Å². The highest BCUT2D eigenvalue weighted by molar-refractivity contribution is 6.09. The van der Waals surface area contributed by atoms with Crippen LogP contribution in [0.15, 0.2) is 60.3 Å². The van der Waals surface area contributed by atoms with E-state index in [1.54, 1.807) is 18.2 Å². The Bertz CT molecular complexity index is 991. The third-order valence-corrected chi connectivity index (χ3v) is 4.57. The predicted molar refractivity (Wildman–Crippen MR) is 113 cm³/mol. The number of anilines is 3. The van der Waals surface area contributed by atoms with Crippen LogP contribution in [0.2, 0.25) is 0 Å². The maximum atomic E-state index is 12.6. The van der Waals surface area contributed by atoms with Crippen molar-refractivity contribution in [3.05, 3.63) is 65.9 Å². The van der Waals surface area contributed by atoms with E-state index in [-0.39, 0.29) is 16.8 Å². The van der Waals surface area contributed by atoms with Crippen molar-refractivity contribution < 1.29 is 19.1 Å². The fourth-order valence-electron chi connectivity index (χ4n) is 3.04. The Balaban J connectivity index is 1.77. The molecule has 30 heavy (non-hydrogen) atoms. The molecule has 8 heteroatoms. The van der Waals surface area contributed by atoms with Crippen molar-refractivity contribution in [2.24, 2.45) is 0 Å². The number of morpholine rings is 1. The fourth-order valence-corrected chi connectivity index (χ4v) is 3.04. The molecular weight excluding hydrogens is 384 g/mol. The molecule has 0 aliphatic carbocycles. The molecule has 1 amide bonds. The monoisotopic (exact) mass is 406 g/mol. The van der Waals surface area contributed by atoms with Crippen molar-refractivity contribution >= 4 is 28.9 Å². The summed E-state index contributed by atoms with van der Waals surface area (Å²) in [6, 6.07) is 16.0. The van der Waals surface area contributed by atoms with Crippen LogP contribution < -0.4 is 15.5 Å². The summed E-state index contributed by atoms with van der Waals surface area (Å²) in [5.74, 6) is -1.21. The van der Waals surface area contributed by atoms with Crippen molar-refractivity contribution in [1.29, 1.82) is 5.26 Å². The lowest BCUT2D eigenvalue weighted by Crippen LogP contribution is -2.36. The number of methoxy groups -OCH3 is 1. The zero-order valence-corrected chi connectivity index (χ0v) is 16.6. The molecule has 0 aromatic heterocycles. The highest BCUT2D eigenvalue weighted by Gasteiger charge is 2.17. The van der Waals surface area contributed by atoms with Gasteiger partial charge in [0.15, 0.2) is 0 Å². The average Bonchev–Trinajstić information content (AvgIpc) is 2.80. The first kappa shape index (κ1) is 20.9. The third kappa shape index (κ3) is 4.96. The fraction of sp³-hybridized carbons (Fsp3) is 0.227. The van der Waals surface area contributed by atoms with Crippen LogP contribution in [0.4, 0.5) is 17.1 Å². The van der Waals surface area contributed by atoms with Crippen LogP contribution in [-0.4, -0.2) is 45.3 Å². The Morgan fingerprint density at radius 3 is 2.47 bits per heavy atom. The van der Waals surface area contributed by atoms with Gasteiger partial charge in [0.05, 0.1) is 42.9 Å². The molecule has 2 aromatic carbocycles. The Labute approximate surface area is 174 Å². The molecule has 2 N–H and O–H groups in total. The lowest BCUT2D eigenvalue weighted by molar-refractivity contribution is -0.112. The summed E-state index contributed by atoms with van der Waals surface area (Å²) < 4.78 is 10.1. The molecule has 3 rings (SSSR count). The number of para-hydroxylation sites is 3. The van der Waals surface area contributed by atoms with Crippen LogP contribution in [0.25, 0.3) is 0 Å². The molecule has 1 fully saturated rings. The summed E-state index contributed by atoms with van der Waals surface area (Å²) in [6.07, 6.45) is 1.36. The van der Waals surface area contributed by atoms with Gasteiger partial charge in [-0.25, -0.2) is 4.79 Å². The van der Waals surface area contributed by atoms with Crippen molar-refractivity contribution in [1.82, 2.24) is 0 Å². The number of nitriles is 1. The number of nitrogens with one attached hydrogen (secondary N) is 2. The average molecular weight is 406 g/mol. The number of carbonyl (C=O) groups is 2. The number of esters is 1. The smallest absolute Gasteiger partial charge is 0.339 e. The van der Waals surface area contributed by atoms with Gasteiger partial charge in [-0.15, -0.1) is 0 Å². The molecule has 0 radical (unpaired) electrons. The number of benzene rings is 2. The maximum absolute atomic E-state index is 12.6. The molecule has 0 saturated carbocycles. The maximum Gasteiger partial charge on any atom is 0.339 e. The number of rotatable bonds is 6. The van der Waals surface area contributed by atoms with E-state index in [0.29, 0.717) is 13.2 Å². The zero-order valence-electron chi connectivity index (χ0n) is 16.6. The van der Waals surface area contributed by atoms with E-state index < -0.39 is 11.9 Å². The third-order valence-electron chi connectivity index (χ3n) is 4.57. The number of carbonyl (C=O) groups excluding carboxylic acids is 2. The first-order chi connectivity index (χ1) is 14.6. The van der Waals surface area contributed by atoms with Crippen LogP contribution in [0, 0.1) is 11.3 Å². The summed E-state index contributed by atoms with van der Waals surface area (Å²) in [5.41, 5.74) is 2.08. The Kier molecular flexibility index (Phi) is 7.03. The zero-order chi connectivity index (χ0) is 21.3. The molecule has 0 bridgehead atoms. The van der Waals surface area contributed by atoms with Crippen molar-refractivity contribution in [2.75, 3.05) is 48.9 Å². The minimum absolute atomic E-state index is 0.133. The number of amides is 1. The number of nitrogens with zero attached hydrogens (tertiary/aromatic N) is 2. The molecule has 2 aromatic rings. The van der Waals surface area contributed by atoms with Crippen LogP contribution in [0.5, 0.6) is 0 Å². The number of hydrogen-bond donors (Lipinski definition) is 2. The van der Waals surface area contributed by atoms with Crippen molar-refractivity contribution in [3.63, 3.8) is 0 Å². The van der Waals surface area contributed by atoms with Crippen LogP contribution in [-0.2, 0) is 14.3 Å². The minimum Gasteiger partial charge on any atom is -0.465 e. The normalized spacial score (nSPS) is 13.9. The van der Waals surface area contributed by atoms with E-state index in [1.165, 1.54) is 19.4 Å². The summed E-state index contributed by atoms with van der Waals surface area (Å²) in [4.78, 5) is 26.6. The van der Waals surface area contributed by atoms with E-state index >= 15 is 0 Å². The van der Waals surface area contributed by atoms with Gasteiger partial charge in [-0.05, 0) is 24.3 Å². The van der Waals surface area contributed by atoms with E-state index in [9.17, 15) is 14.9 Å². The van der Waals surface area contributed by atoms with Gasteiger partial charge < -0.3 is 25.0 Å². The largest absolute Gasteiger partial charge is 0.465 e. The van der Waals surface area contributed by atoms with Gasteiger partial charge in [0.25, 0.3) is 5.91 Å². The Morgan fingerprint density at radius 1 is 1.10 bits per heavy atom. The lowest BCUT2D eigenvalue weighted by Gasteiger charge is -2.30. The summed E-state index contributed by atoms with van der Waals surface area (Å²) in [6.45, 7) is 2.82. The van der Waals surface area contributed by atoms with Gasteiger partial charge in [-0.1, -0.05) is 24.3 Å². The summed E-state index contributed by atoms with van der Waals surface area (Å²) in [5, 5.41) is 15.1. The SMILES string of the molecule is COC(=O)c1ccccc1NC(=O)/C(C#N)=C\Nc1ccccc1N1CCOCC1. The van der Waals surface area contributed by atoms with E-state index in [1.807, 2.05) is 30.3 Å². The highest BCUT2D eigenvalue weighted by atomic mass is 16.5. The molecule has 0 spiro atoms. The van der Waals surface area contributed by atoms with Gasteiger partial charge in [0, 0.05) is 19.3 Å². The van der Waals surface area contributed by atoms with Crippen LogP contribution in [0.1, 0.15) is 10.4 Å². The molecule has 0 unspecified atom stereocenters. The van der Waals surface area contributed by atoms with Crippen LogP contribution >= 0.6 is 0 Å².